The van der Waals surface area contributed by atoms with E-state index >= 15 is 0 Å². The summed E-state index contributed by atoms with van der Waals surface area (Å²) < 4.78 is 2.36. The second kappa shape index (κ2) is 6.53. The van der Waals surface area contributed by atoms with E-state index in [1.54, 1.807) is 0 Å². The van der Waals surface area contributed by atoms with Crippen LogP contribution in [0.3, 0.4) is 0 Å². The van der Waals surface area contributed by atoms with Crippen LogP contribution in [0.15, 0.2) is 33.2 Å². The third kappa shape index (κ3) is 3.48. The fourth-order valence-corrected chi connectivity index (χ4v) is 4.06. The summed E-state index contributed by atoms with van der Waals surface area (Å²) in [6.07, 6.45) is 0. The van der Waals surface area contributed by atoms with Crippen molar-refractivity contribution in [2.45, 2.75) is 26.8 Å². The number of benzene rings is 1. The smallest absolute Gasteiger partial charge is 0.0671 e. The summed E-state index contributed by atoms with van der Waals surface area (Å²) in [4.78, 5) is 2.67. The minimum Gasteiger partial charge on any atom is -0.306 e. The molecule has 0 saturated heterocycles. The van der Waals surface area contributed by atoms with Crippen molar-refractivity contribution in [2.24, 2.45) is 0 Å². The molecule has 4 heteroatoms. The van der Waals surface area contributed by atoms with Gasteiger partial charge in [0.05, 0.1) is 6.04 Å². The van der Waals surface area contributed by atoms with E-state index < -0.39 is 0 Å². The molecule has 1 nitrogen and oxygen atoms in total. The first-order chi connectivity index (χ1) is 9.02. The quantitative estimate of drug-likeness (QED) is 0.702. The summed E-state index contributed by atoms with van der Waals surface area (Å²) in [6.45, 7) is 7.35. The first-order valence-corrected chi connectivity index (χ1v) is 8.68. The van der Waals surface area contributed by atoms with Crippen molar-refractivity contribution in [1.82, 2.24) is 5.32 Å². The van der Waals surface area contributed by atoms with Crippen molar-refractivity contribution < 1.29 is 0 Å². The molecule has 2 rings (SSSR count). The largest absolute Gasteiger partial charge is 0.306 e. The molecular formula is C15H17Br2NS. The van der Waals surface area contributed by atoms with Gasteiger partial charge in [-0.25, -0.2) is 0 Å². The summed E-state index contributed by atoms with van der Waals surface area (Å²) >= 11 is 9.07. The van der Waals surface area contributed by atoms with Crippen LogP contribution in [-0.4, -0.2) is 6.54 Å². The Morgan fingerprint density at radius 2 is 1.89 bits per heavy atom. The Labute approximate surface area is 135 Å². The minimum atomic E-state index is 0.261. The SMILES string of the molecule is CCNC(c1ccc(C)c(Br)c1)c1cc(Br)c(C)s1. The van der Waals surface area contributed by atoms with E-state index in [1.807, 2.05) is 11.3 Å². The third-order valence-corrected chi connectivity index (χ3v) is 6.15. The number of aryl methyl sites for hydroxylation is 2. The predicted octanol–water partition coefficient (Wildman–Crippen LogP) is 5.59. The van der Waals surface area contributed by atoms with Crippen LogP contribution in [0.25, 0.3) is 0 Å². The highest BCUT2D eigenvalue weighted by Crippen LogP contribution is 2.34. The van der Waals surface area contributed by atoms with E-state index in [4.69, 9.17) is 0 Å². The molecule has 2 aromatic rings. The van der Waals surface area contributed by atoms with E-state index in [1.165, 1.54) is 29.8 Å². The molecule has 0 saturated carbocycles. The van der Waals surface area contributed by atoms with E-state index in [0.717, 1.165) is 6.54 Å². The molecule has 1 unspecified atom stereocenters. The Morgan fingerprint density at radius 1 is 1.16 bits per heavy atom. The number of hydrogen-bond acceptors (Lipinski definition) is 2. The van der Waals surface area contributed by atoms with Crippen LogP contribution in [0, 0.1) is 13.8 Å². The number of hydrogen-bond donors (Lipinski definition) is 1. The van der Waals surface area contributed by atoms with Gasteiger partial charge in [-0.1, -0.05) is 35.0 Å². The van der Waals surface area contributed by atoms with Gasteiger partial charge in [-0.05, 0) is 59.6 Å². The second-order valence-electron chi connectivity index (χ2n) is 4.55. The highest BCUT2D eigenvalue weighted by molar-refractivity contribution is 9.10. The topological polar surface area (TPSA) is 12.0 Å². The fraction of sp³-hybridized carbons (Fsp3) is 0.333. The highest BCUT2D eigenvalue weighted by atomic mass is 79.9. The third-order valence-electron chi connectivity index (χ3n) is 3.10. The van der Waals surface area contributed by atoms with Crippen LogP contribution in [-0.2, 0) is 0 Å². The van der Waals surface area contributed by atoms with Crippen molar-refractivity contribution in [3.63, 3.8) is 0 Å². The number of halogens is 2. The lowest BCUT2D eigenvalue weighted by molar-refractivity contribution is 0.639. The van der Waals surface area contributed by atoms with Gasteiger partial charge in [0.1, 0.15) is 0 Å². The molecule has 0 amide bonds. The Bertz CT molecular complexity index is 558. The van der Waals surface area contributed by atoms with Gasteiger partial charge in [-0.2, -0.15) is 0 Å². The average molecular weight is 403 g/mol. The molecule has 1 aromatic carbocycles. The minimum absolute atomic E-state index is 0.261. The molecule has 1 aromatic heterocycles. The van der Waals surface area contributed by atoms with Crippen molar-refractivity contribution in [3.05, 3.63) is 54.1 Å². The summed E-state index contributed by atoms with van der Waals surface area (Å²) in [6, 6.07) is 9.07. The van der Waals surface area contributed by atoms with Crippen molar-refractivity contribution >= 4 is 43.2 Å². The van der Waals surface area contributed by atoms with E-state index in [-0.39, 0.29) is 6.04 Å². The molecule has 1 atom stereocenters. The Hall–Kier alpha value is -0.160. The molecule has 0 radical (unpaired) electrons. The molecule has 0 aliphatic rings. The average Bonchev–Trinajstić information content (AvgIpc) is 2.70. The zero-order valence-corrected chi connectivity index (χ0v) is 15.2. The molecule has 0 fully saturated rings. The van der Waals surface area contributed by atoms with Crippen LogP contribution < -0.4 is 5.32 Å². The summed E-state index contributed by atoms with van der Waals surface area (Å²) in [5.41, 5.74) is 2.57. The zero-order valence-electron chi connectivity index (χ0n) is 11.3. The molecule has 0 aliphatic heterocycles. The van der Waals surface area contributed by atoms with Gasteiger partial charge in [0, 0.05) is 18.7 Å². The normalized spacial score (nSPS) is 12.7. The molecular weight excluding hydrogens is 386 g/mol. The molecule has 0 bridgehead atoms. The van der Waals surface area contributed by atoms with Gasteiger partial charge in [-0.3, -0.25) is 0 Å². The van der Waals surface area contributed by atoms with Crippen molar-refractivity contribution in [2.75, 3.05) is 6.54 Å². The lowest BCUT2D eigenvalue weighted by Crippen LogP contribution is -2.21. The van der Waals surface area contributed by atoms with Crippen molar-refractivity contribution in [1.29, 1.82) is 0 Å². The van der Waals surface area contributed by atoms with Gasteiger partial charge in [0.2, 0.25) is 0 Å². The fourth-order valence-electron chi connectivity index (χ4n) is 2.00. The standard InChI is InChI=1S/C15H17Br2NS/c1-4-18-15(14-8-13(17)10(3)19-14)11-6-5-9(2)12(16)7-11/h5-8,15,18H,4H2,1-3H3. The first kappa shape index (κ1) is 15.2. The summed E-state index contributed by atoms with van der Waals surface area (Å²) in [7, 11) is 0. The maximum Gasteiger partial charge on any atom is 0.0671 e. The Balaban J connectivity index is 2.41. The highest BCUT2D eigenvalue weighted by Gasteiger charge is 2.17. The van der Waals surface area contributed by atoms with Crippen LogP contribution in [0.4, 0.5) is 0 Å². The number of nitrogens with one attached hydrogen (secondary N) is 1. The van der Waals surface area contributed by atoms with E-state index in [2.05, 4.69) is 82.2 Å². The number of thiophene rings is 1. The van der Waals surface area contributed by atoms with Gasteiger partial charge in [0.25, 0.3) is 0 Å². The molecule has 1 N–H and O–H groups in total. The van der Waals surface area contributed by atoms with Crippen LogP contribution in [0.1, 0.15) is 33.8 Å². The van der Waals surface area contributed by atoms with Gasteiger partial charge in [-0.15, -0.1) is 11.3 Å². The number of rotatable bonds is 4. The van der Waals surface area contributed by atoms with E-state index in [9.17, 15) is 0 Å². The lowest BCUT2D eigenvalue weighted by Gasteiger charge is -2.17. The zero-order chi connectivity index (χ0) is 14.0. The van der Waals surface area contributed by atoms with E-state index in [0.29, 0.717) is 0 Å². The maximum absolute atomic E-state index is 3.62. The molecule has 1 heterocycles. The Kier molecular flexibility index (Phi) is 5.23. The molecule has 19 heavy (non-hydrogen) atoms. The van der Waals surface area contributed by atoms with Crippen LogP contribution >= 0.6 is 43.2 Å². The molecule has 0 spiro atoms. The summed E-state index contributed by atoms with van der Waals surface area (Å²) in [5, 5.41) is 3.57. The van der Waals surface area contributed by atoms with Gasteiger partial charge in [0.15, 0.2) is 0 Å². The molecule has 102 valence electrons. The Morgan fingerprint density at radius 3 is 2.42 bits per heavy atom. The van der Waals surface area contributed by atoms with Crippen LogP contribution in [0.2, 0.25) is 0 Å². The second-order valence-corrected chi connectivity index (χ2v) is 7.55. The van der Waals surface area contributed by atoms with Gasteiger partial charge >= 0.3 is 0 Å². The van der Waals surface area contributed by atoms with Gasteiger partial charge < -0.3 is 5.32 Å². The lowest BCUT2D eigenvalue weighted by atomic mass is 10.0. The maximum atomic E-state index is 3.62. The first-order valence-electron chi connectivity index (χ1n) is 6.28. The van der Waals surface area contributed by atoms with Crippen molar-refractivity contribution in [3.8, 4) is 0 Å². The summed E-state index contributed by atoms with van der Waals surface area (Å²) in [5.74, 6) is 0. The monoisotopic (exact) mass is 401 g/mol. The molecule has 0 aliphatic carbocycles. The predicted molar refractivity (Wildman–Crippen MR) is 91.2 cm³/mol. The van der Waals surface area contributed by atoms with Crippen LogP contribution in [0.5, 0.6) is 0 Å².